The van der Waals surface area contributed by atoms with Crippen molar-refractivity contribution in [2.24, 2.45) is 0 Å². The molecule has 0 spiro atoms. The quantitative estimate of drug-likeness (QED) is 0.212. The van der Waals surface area contributed by atoms with E-state index in [0.717, 1.165) is 0 Å². The average molecular weight is 468 g/mol. The second-order valence-electron chi connectivity index (χ2n) is 6.80. The molecule has 0 nitrogen and oxygen atoms in total. The van der Waals surface area contributed by atoms with Crippen molar-refractivity contribution in [2.45, 2.75) is 128 Å². The van der Waals surface area contributed by atoms with Gasteiger partial charge in [-0.3, -0.25) is 0 Å². The van der Waals surface area contributed by atoms with Crippen LogP contribution in [-0.2, 0) is 0 Å². The minimum atomic E-state index is 0. The van der Waals surface area contributed by atoms with Crippen LogP contribution >= 0.6 is 0 Å². The normalized spacial score (nSPS) is 10.2. The van der Waals surface area contributed by atoms with E-state index in [1.54, 1.807) is 0 Å². The van der Waals surface area contributed by atoms with Crippen molar-refractivity contribution in [1.29, 1.82) is 0 Å². The molecule has 0 saturated carbocycles. The van der Waals surface area contributed by atoms with E-state index in [2.05, 4.69) is 23.2 Å². The minimum Gasteiger partial charge on any atom is -1.00 e. The molecule has 0 bridgehead atoms. The third kappa shape index (κ3) is 28.6. The molecule has 0 rings (SSSR count). The van der Waals surface area contributed by atoms with Crippen LogP contribution in [-0.4, -0.2) is 16.3 Å². The Morgan fingerprint density at radius 3 is 0.826 bits per heavy atom. The number of halogens is 2. The Balaban J connectivity index is -0.00000200. The molecule has 0 aliphatic carbocycles. The van der Waals surface area contributed by atoms with Gasteiger partial charge in [0.05, 0.1) is 0 Å². The molecule has 0 aromatic rings. The molecule has 23 heavy (non-hydrogen) atoms. The van der Waals surface area contributed by atoms with Gasteiger partial charge in [-0.2, -0.15) is 0 Å². The van der Waals surface area contributed by atoms with Crippen LogP contribution in [0.15, 0.2) is 0 Å². The summed E-state index contributed by atoms with van der Waals surface area (Å²) >= 11 is 2.83. The minimum absolute atomic E-state index is 0. The topological polar surface area (TPSA) is 0 Å². The van der Waals surface area contributed by atoms with Crippen LogP contribution in [0.4, 0.5) is 0 Å². The second kappa shape index (κ2) is 28.3. The van der Waals surface area contributed by atoms with Gasteiger partial charge in [-0.1, -0.05) is 51.9 Å². The molecule has 0 aromatic heterocycles. The first-order valence-corrected chi connectivity index (χ1v) is 10.9. The molecule has 0 aliphatic rings. The molecule has 0 saturated heterocycles. The van der Waals surface area contributed by atoms with Gasteiger partial charge in [0.15, 0.2) is 0 Å². The van der Waals surface area contributed by atoms with E-state index in [9.17, 15) is 0 Å². The molecule has 0 N–H and O–H groups in total. The molecule has 138 valence electrons. The van der Waals surface area contributed by atoms with Gasteiger partial charge in [-0.05, 0) is 0 Å². The maximum atomic E-state index is 2.83. The molecular formula is C20H41AlBr2. The predicted octanol–water partition coefficient (Wildman–Crippen LogP) is 1.62. The average Bonchev–Trinajstić information content (AvgIpc) is 2.50. The fourth-order valence-electron chi connectivity index (χ4n) is 3.05. The number of rotatable bonds is 18. The first kappa shape index (κ1) is 29.3. The van der Waals surface area contributed by atoms with Crippen LogP contribution in [0.3, 0.4) is 0 Å². The summed E-state index contributed by atoms with van der Waals surface area (Å²) in [6.45, 7) is 2.30. The Morgan fingerprint density at radius 1 is 0.391 bits per heavy atom. The van der Waals surface area contributed by atoms with Crippen molar-refractivity contribution >= 4 is 16.3 Å². The van der Waals surface area contributed by atoms with Gasteiger partial charge in [0.1, 0.15) is 0 Å². The number of unbranched alkanes of at least 4 members (excludes halogenated alkanes) is 17. The zero-order chi connectivity index (χ0) is 15.4. The predicted molar refractivity (Wildman–Crippen MR) is 99.3 cm³/mol. The van der Waals surface area contributed by atoms with Crippen molar-refractivity contribution in [3.8, 4) is 0 Å². The van der Waals surface area contributed by atoms with Crippen LogP contribution in [0, 0.1) is 0 Å². The summed E-state index contributed by atoms with van der Waals surface area (Å²) in [5, 5.41) is 1.29. The summed E-state index contributed by atoms with van der Waals surface area (Å²) in [6, 6.07) is 0. The maximum absolute atomic E-state index is 2.83. The zero-order valence-corrected chi connectivity index (χ0v) is 20.1. The SMILES string of the molecule is CCCCCCCCCCCCCCCCCCC[CH2][Al+2].[Br-].[Br-]. The third-order valence-corrected chi connectivity index (χ3v) is 4.97. The standard InChI is InChI=1S/C20H41.Al.2BrH/c1-3-5-7-9-11-13-15-17-19-20-18-16-14-12-10-8-6-4-2;;;/h1,3-20H2,2H3;;2*1H/q;+2;;/p-2. The van der Waals surface area contributed by atoms with E-state index in [-0.39, 0.29) is 34.0 Å². The Hall–Kier alpha value is 1.49. The van der Waals surface area contributed by atoms with Crippen molar-refractivity contribution in [3.05, 3.63) is 0 Å². The molecule has 0 atom stereocenters. The monoisotopic (exact) mass is 466 g/mol. The van der Waals surface area contributed by atoms with Crippen molar-refractivity contribution < 1.29 is 34.0 Å². The van der Waals surface area contributed by atoms with Gasteiger partial charge < -0.3 is 34.0 Å². The number of hydrogen-bond acceptors (Lipinski definition) is 0. The second-order valence-corrected chi connectivity index (χ2v) is 7.38. The summed E-state index contributed by atoms with van der Waals surface area (Å²) < 4.78 is 0. The van der Waals surface area contributed by atoms with Gasteiger partial charge in [0.2, 0.25) is 0 Å². The number of hydrogen-bond donors (Lipinski definition) is 0. The van der Waals surface area contributed by atoms with E-state index in [1.807, 2.05) is 0 Å². The molecule has 0 radical (unpaired) electrons. The fourth-order valence-corrected chi connectivity index (χ4v) is 3.33. The van der Waals surface area contributed by atoms with E-state index < -0.39 is 0 Å². The van der Waals surface area contributed by atoms with E-state index in [4.69, 9.17) is 0 Å². The van der Waals surface area contributed by atoms with Gasteiger partial charge in [0, 0.05) is 0 Å². The summed E-state index contributed by atoms with van der Waals surface area (Å²) in [5.74, 6) is 0. The first-order chi connectivity index (χ1) is 10.4. The molecule has 0 amide bonds. The van der Waals surface area contributed by atoms with Crippen LogP contribution in [0.5, 0.6) is 0 Å². The first-order valence-electron chi connectivity index (χ1n) is 10.1. The molecule has 0 aliphatic heterocycles. The van der Waals surface area contributed by atoms with Crippen molar-refractivity contribution in [1.82, 2.24) is 0 Å². The Morgan fingerprint density at radius 2 is 0.609 bits per heavy atom. The Kier molecular flexibility index (Phi) is 36.0. The van der Waals surface area contributed by atoms with Crippen LogP contribution in [0.25, 0.3) is 0 Å². The van der Waals surface area contributed by atoms with Crippen LogP contribution in [0.2, 0.25) is 5.28 Å². The van der Waals surface area contributed by atoms with Gasteiger partial charge in [-0.15, -0.1) is 0 Å². The third-order valence-electron chi connectivity index (χ3n) is 4.56. The Labute approximate surface area is 177 Å². The molecule has 0 unspecified atom stereocenters. The van der Waals surface area contributed by atoms with E-state index in [1.165, 1.54) is 121 Å². The summed E-state index contributed by atoms with van der Waals surface area (Å²) in [4.78, 5) is 0. The van der Waals surface area contributed by atoms with Crippen LogP contribution < -0.4 is 34.0 Å². The van der Waals surface area contributed by atoms with Gasteiger partial charge in [0.25, 0.3) is 0 Å². The van der Waals surface area contributed by atoms with Gasteiger partial charge >= 0.3 is 92.2 Å². The fraction of sp³-hybridized carbons (Fsp3) is 1.00. The summed E-state index contributed by atoms with van der Waals surface area (Å²) in [5.41, 5.74) is 0. The maximum Gasteiger partial charge on any atom is -1.00 e. The Bertz CT molecular complexity index is 159. The van der Waals surface area contributed by atoms with Crippen molar-refractivity contribution in [2.75, 3.05) is 0 Å². The zero-order valence-electron chi connectivity index (χ0n) is 15.8. The van der Waals surface area contributed by atoms with E-state index in [0.29, 0.717) is 0 Å². The summed E-state index contributed by atoms with van der Waals surface area (Å²) in [6.07, 6.45) is 26.4. The van der Waals surface area contributed by atoms with Crippen molar-refractivity contribution in [3.63, 3.8) is 0 Å². The van der Waals surface area contributed by atoms with Crippen LogP contribution in [0.1, 0.15) is 122 Å². The molecule has 0 fully saturated rings. The molecule has 0 aromatic carbocycles. The van der Waals surface area contributed by atoms with Gasteiger partial charge in [-0.25, -0.2) is 0 Å². The van der Waals surface area contributed by atoms with E-state index >= 15 is 0 Å². The summed E-state index contributed by atoms with van der Waals surface area (Å²) in [7, 11) is 0. The molecule has 3 heteroatoms. The molecular weight excluding hydrogens is 427 g/mol. The molecule has 0 heterocycles. The smallest absolute Gasteiger partial charge is 1.00 e. The largest absolute Gasteiger partial charge is 1.00 e.